The molecule has 0 aliphatic carbocycles. The summed E-state index contributed by atoms with van der Waals surface area (Å²) in [6.07, 6.45) is 5.28. The maximum absolute atomic E-state index is 11.8. The van der Waals surface area contributed by atoms with Crippen molar-refractivity contribution < 1.29 is 23.7 Å². The highest BCUT2D eigenvalue weighted by atomic mass is 35.5. The summed E-state index contributed by atoms with van der Waals surface area (Å²) in [4.78, 5) is 25.4. The van der Waals surface area contributed by atoms with Crippen molar-refractivity contribution in [2.24, 2.45) is 0 Å². The number of methoxy groups -OCH3 is 1. The molecule has 35 heavy (non-hydrogen) atoms. The molecule has 1 amide bonds. The fraction of sp³-hybridized carbons (Fsp3) is 0.333. The molecule has 0 unspecified atom stereocenters. The van der Waals surface area contributed by atoms with Gasteiger partial charge in [-0.1, -0.05) is 18.2 Å². The minimum absolute atomic E-state index is 0.127. The topological polar surface area (TPSA) is 117 Å². The van der Waals surface area contributed by atoms with Crippen LogP contribution in [0.4, 0.5) is 5.95 Å². The first kappa shape index (κ1) is 23.1. The van der Waals surface area contributed by atoms with Crippen LogP contribution >= 0.6 is 11.6 Å². The van der Waals surface area contributed by atoms with Gasteiger partial charge in [-0.05, 0) is 18.6 Å². The summed E-state index contributed by atoms with van der Waals surface area (Å²) in [5.41, 5.74) is 1.81. The third-order valence-corrected chi connectivity index (χ3v) is 6.24. The van der Waals surface area contributed by atoms with Crippen LogP contribution in [0.3, 0.4) is 0 Å². The lowest BCUT2D eigenvalue weighted by molar-refractivity contribution is -0.117. The Kier molecular flexibility index (Phi) is 6.56. The largest absolute Gasteiger partial charge is 0.495 e. The molecule has 0 spiro atoms. The van der Waals surface area contributed by atoms with Gasteiger partial charge in [-0.15, -0.1) is 0 Å². The zero-order valence-electron chi connectivity index (χ0n) is 19.0. The van der Waals surface area contributed by atoms with Gasteiger partial charge in [-0.2, -0.15) is 0 Å². The van der Waals surface area contributed by atoms with Crippen molar-refractivity contribution in [3.8, 4) is 28.5 Å². The molecule has 10 nitrogen and oxygen atoms in total. The summed E-state index contributed by atoms with van der Waals surface area (Å²) in [5.74, 6) is 1.73. The highest BCUT2D eigenvalue weighted by Crippen LogP contribution is 2.48. The standard InChI is InChI=1S/C24H24ClN5O5/c1-3-20(31)28-14-4-5-33-12-17(14)30-24-27-10-13-8-15(26-11-16(13)29-24)21-22(25)18(32-2)9-19-23(21)35-7-6-34-19/h3,8-11,14,17H,1,4-7,12H2,2H3,(H,28,31)(H,27,29,30)/t14-,17+/m0/s1. The number of pyridine rings is 1. The molecular weight excluding hydrogens is 474 g/mol. The number of hydrogen-bond donors (Lipinski definition) is 2. The second-order valence-corrected chi connectivity index (χ2v) is 8.43. The fourth-order valence-corrected chi connectivity index (χ4v) is 4.43. The molecule has 182 valence electrons. The summed E-state index contributed by atoms with van der Waals surface area (Å²) in [6.45, 7) is 5.35. The molecule has 5 rings (SSSR count). The summed E-state index contributed by atoms with van der Waals surface area (Å²) in [7, 11) is 1.54. The molecule has 11 heteroatoms. The smallest absolute Gasteiger partial charge is 0.243 e. The van der Waals surface area contributed by atoms with E-state index < -0.39 is 0 Å². The number of hydrogen-bond acceptors (Lipinski definition) is 9. The number of rotatable bonds is 6. The summed E-state index contributed by atoms with van der Waals surface area (Å²) < 4.78 is 22.6. The van der Waals surface area contributed by atoms with Gasteiger partial charge in [0, 0.05) is 24.3 Å². The van der Waals surface area contributed by atoms with E-state index in [2.05, 4.69) is 32.2 Å². The maximum atomic E-state index is 11.8. The van der Waals surface area contributed by atoms with Gasteiger partial charge in [0.1, 0.15) is 19.0 Å². The number of ether oxygens (including phenoxy) is 4. The summed E-state index contributed by atoms with van der Waals surface area (Å²) in [6, 6.07) is 3.24. The number of carbonyl (C=O) groups is 1. The van der Waals surface area contributed by atoms with Crippen molar-refractivity contribution in [3.63, 3.8) is 0 Å². The van der Waals surface area contributed by atoms with E-state index in [1.165, 1.54) is 6.08 Å². The number of nitrogens with zero attached hydrogens (tertiary/aromatic N) is 3. The van der Waals surface area contributed by atoms with Gasteiger partial charge < -0.3 is 29.6 Å². The first-order valence-electron chi connectivity index (χ1n) is 11.1. The van der Waals surface area contributed by atoms with Crippen molar-refractivity contribution in [2.45, 2.75) is 18.5 Å². The maximum Gasteiger partial charge on any atom is 0.243 e. The predicted molar refractivity (Wildman–Crippen MR) is 130 cm³/mol. The number of halogens is 1. The van der Waals surface area contributed by atoms with E-state index >= 15 is 0 Å². The van der Waals surface area contributed by atoms with Crippen LogP contribution in [-0.2, 0) is 9.53 Å². The number of fused-ring (bicyclic) bond motifs is 2. The molecule has 1 aromatic carbocycles. The average Bonchev–Trinajstić information content (AvgIpc) is 2.89. The van der Waals surface area contributed by atoms with E-state index in [1.54, 1.807) is 25.6 Å². The summed E-state index contributed by atoms with van der Waals surface area (Å²) in [5, 5.41) is 7.34. The van der Waals surface area contributed by atoms with Gasteiger partial charge in [0.2, 0.25) is 11.9 Å². The van der Waals surface area contributed by atoms with Crippen LogP contribution < -0.4 is 24.8 Å². The van der Waals surface area contributed by atoms with Crippen LogP contribution in [-0.4, -0.2) is 66.5 Å². The van der Waals surface area contributed by atoms with Crippen molar-refractivity contribution in [1.29, 1.82) is 0 Å². The number of nitrogens with one attached hydrogen (secondary N) is 2. The lowest BCUT2D eigenvalue weighted by Gasteiger charge is -2.32. The Bertz CT molecular complexity index is 1290. The van der Waals surface area contributed by atoms with Gasteiger partial charge in [-0.25, -0.2) is 9.97 Å². The predicted octanol–water partition coefficient (Wildman–Crippen LogP) is 3.00. The Morgan fingerprint density at radius 2 is 2.06 bits per heavy atom. The van der Waals surface area contributed by atoms with Gasteiger partial charge in [-0.3, -0.25) is 9.78 Å². The average molecular weight is 498 g/mol. The molecular formula is C24H24ClN5O5. The second-order valence-electron chi connectivity index (χ2n) is 8.05. The molecule has 2 aliphatic rings. The van der Waals surface area contributed by atoms with Crippen LogP contribution in [0, 0.1) is 0 Å². The number of carbonyl (C=O) groups excluding carboxylic acids is 1. The normalized spacial score (nSPS) is 19.1. The number of benzene rings is 1. The van der Waals surface area contributed by atoms with E-state index in [0.29, 0.717) is 77.8 Å². The molecule has 1 saturated heterocycles. The van der Waals surface area contributed by atoms with Crippen LogP contribution in [0.2, 0.25) is 5.02 Å². The van der Waals surface area contributed by atoms with E-state index in [-0.39, 0.29) is 18.0 Å². The quantitative estimate of drug-likeness (QED) is 0.495. The van der Waals surface area contributed by atoms with Crippen molar-refractivity contribution >= 4 is 34.4 Å². The van der Waals surface area contributed by atoms with Crippen LogP contribution in [0.1, 0.15) is 6.42 Å². The van der Waals surface area contributed by atoms with Gasteiger partial charge in [0.25, 0.3) is 0 Å². The molecule has 2 atom stereocenters. The Morgan fingerprint density at radius 3 is 2.89 bits per heavy atom. The van der Waals surface area contributed by atoms with Gasteiger partial charge in [0.15, 0.2) is 11.5 Å². The van der Waals surface area contributed by atoms with E-state index in [0.717, 1.165) is 5.39 Å². The van der Waals surface area contributed by atoms with Crippen LogP contribution in [0.25, 0.3) is 22.2 Å². The molecule has 0 bridgehead atoms. The van der Waals surface area contributed by atoms with Crippen LogP contribution in [0.5, 0.6) is 17.2 Å². The summed E-state index contributed by atoms with van der Waals surface area (Å²) >= 11 is 6.64. The van der Waals surface area contributed by atoms with Crippen molar-refractivity contribution in [3.05, 3.63) is 42.2 Å². The lowest BCUT2D eigenvalue weighted by Crippen LogP contribution is -2.52. The Hall–Kier alpha value is -3.63. The molecule has 1 fully saturated rings. The zero-order valence-corrected chi connectivity index (χ0v) is 19.8. The number of anilines is 1. The minimum Gasteiger partial charge on any atom is -0.495 e. The molecule has 4 heterocycles. The minimum atomic E-state index is -0.229. The first-order valence-corrected chi connectivity index (χ1v) is 11.5. The van der Waals surface area contributed by atoms with Crippen molar-refractivity contribution in [1.82, 2.24) is 20.3 Å². The molecule has 2 aromatic heterocycles. The molecule has 2 N–H and O–H groups in total. The zero-order chi connectivity index (χ0) is 24.4. The number of aromatic nitrogens is 3. The monoisotopic (exact) mass is 497 g/mol. The highest BCUT2D eigenvalue weighted by molar-refractivity contribution is 6.35. The van der Waals surface area contributed by atoms with Crippen molar-refractivity contribution in [2.75, 3.05) is 38.9 Å². The molecule has 2 aliphatic heterocycles. The Labute approximate surface area is 206 Å². The lowest BCUT2D eigenvalue weighted by atomic mass is 10.0. The molecule has 3 aromatic rings. The van der Waals surface area contributed by atoms with E-state index in [1.807, 2.05) is 6.07 Å². The third-order valence-electron chi connectivity index (χ3n) is 5.86. The van der Waals surface area contributed by atoms with Gasteiger partial charge in [0.05, 0.1) is 53.8 Å². The van der Waals surface area contributed by atoms with E-state index in [4.69, 9.17) is 30.5 Å². The molecule has 0 saturated carbocycles. The number of amides is 1. The first-order chi connectivity index (χ1) is 17.1. The van der Waals surface area contributed by atoms with Crippen LogP contribution in [0.15, 0.2) is 37.2 Å². The van der Waals surface area contributed by atoms with Gasteiger partial charge >= 0.3 is 0 Å². The second kappa shape index (κ2) is 9.93. The fourth-order valence-electron chi connectivity index (χ4n) is 4.12. The Balaban J connectivity index is 1.44. The highest BCUT2D eigenvalue weighted by Gasteiger charge is 2.28. The third kappa shape index (κ3) is 4.67. The Morgan fingerprint density at radius 1 is 1.20 bits per heavy atom. The van der Waals surface area contributed by atoms with E-state index in [9.17, 15) is 4.79 Å². The SMILES string of the molecule is C=CC(=O)N[C@H]1CCOC[C@H]1Nc1ncc2cc(-c3c(Cl)c(OC)cc4c3OCCO4)ncc2n1. The molecule has 0 radical (unpaired) electrons.